The minimum Gasteiger partial charge on any atom is -0.367 e. The molecule has 0 N–H and O–H groups in total. The number of non-ortho nitro benzene ring substituents is 1. The van der Waals surface area contributed by atoms with Crippen LogP contribution in [0.2, 0.25) is 0 Å². The number of hydrogen-bond acceptors (Lipinski definition) is 6. The van der Waals surface area contributed by atoms with Crippen LogP contribution in [-0.2, 0) is 14.8 Å². The van der Waals surface area contributed by atoms with Crippen LogP contribution >= 0.6 is 0 Å². The van der Waals surface area contributed by atoms with E-state index in [0.29, 0.717) is 57.3 Å². The minimum absolute atomic E-state index is 0.00409. The predicted molar refractivity (Wildman–Crippen MR) is 121 cm³/mol. The van der Waals surface area contributed by atoms with E-state index < -0.39 is 14.9 Å². The molecule has 0 aromatic heterocycles. The Kier molecular flexibility index (Phi) is 6.99. The molecule has 2 aliphatic heterocycles. The molecule has 10 heteroatoms. The maximum absolute atomic E-state index is 13.3. The molecule has 0 atom stereocenters. The van der Waals surface area contributed by atoms with Crippen LogP contribution in [0, 0.1) is 16.0 Å². The Morgan fingerprint density at radius 3 is 2.25 bits per heavy atom. The maximum Gasteiger partial charge on any atom is 0.270 e. The Hall–Kier alpha value is -2.20. The zero-order chi connectivity index (χ0) is 22.7. The lowest BCUT2D eigenvalue weighted by Gasteiger charge is -2.37. The highest BCUT2D eigenvalue weighted by Gasteiger charge is 2.33. The molecule has 4 rings (SSSR count). The van der Waals surface area contributed by atoms with Crippen LogP contribution < -0.4 is 4.90 Å². The van der Waals surface area contributed by atoms with Gasteiger partial charge < -0.3 is 9.80 Å². The Morgan fingerprint density at radius 2 is 1.62 bits per heavy atom. The Bertz CT molecular complexity index is 947. The van der Waals surface area contributed by atoms with E-state index in [1.54, 1.807) is 6.07 Å². The van der Waals surface area contributed by atoms with Gasteiger partial charge in [-0.2, -0.15) is 4.31 Å². The molecule has 0 bridgehead atoms. The molecular formula is C22H32N4O5S. The van der Waals surface area contributed by atoms with E-state index in [0.717, 1.165) is 25.7 Å². The summed E-state index contributed by atoms with van der Waals surface area (Å²) in [6.07, 6.45) is 8.14. The number of amides is 1. The molecule has 1 aromatic carbocycles. The van der Waals surface area contributed by atoms with E-state index >= 15 is 0 Å². The van der Waals surface area contributed by atoms with Gasteiger partial charge in [0.1, 0.15) is 4.90 Å². The number of hydrogen-bond donors (Lipinski definition) is 0. The molecule has 0 radical (unpaired) electrons. The van der Waals surface area contributed by atoms with Gasteiger partial charge in [-0.25, -0.2) is 8.42 Å². The molecule has 9 nitrogen and oxygen atoms in total. The molecule has 176 valence electrons. The number of carbonyl (C=O) groups excluding carboxylic acids is 1. The first-order valence-electron chi connectivity index (χ1n) is 11.7. The molecule has 0 unspecified atom stereocenters. The number of nitro benzene ring substituents is 1. The predicted octanol–water partition coefficient (Wildman–Crippen LogP) is 3.00. The third kappa shape index (κ3) is 4.91. The fourth-order valence-corrected chi connectivity index (χ4v) is 6.86. The molecular weight excluding hydrogens is 432 g/mol. The summed E-state index contributed by atoms with van der Waals surface area (Å²) in [6, 6.07) is 4.09. The first-order valence-corrected chi connectivity index (χ1v) is 13.1. The van der Waals surface area contributed by atoms with Gasteiger partial charge in [0.05, 0.1) is 10.6 Å². The zero-order valence-corrected chi connectivity index (χ0v) is 19.3. The second-order valence-corrected chi connectivity index (χ2v) is 11.0. The summed E-state index contributed by atoms with van der Waals surface area (Å²) in [5.41, 5.74) is 0.259. The van der Waals surface area contributed by atoms with Crippen LogP contribution in [0.4, 0.5) is 11.4 Å². The third-order valence-electron chi connectivity index (χ3n) is 7.00. The van der Waals surface area contributed by atoms with Gasteiger partial charge in [0.25, 0.3) is 5.69 Å². The van der Waals surface area contributed by atoms with Gasteiger partial charge in [0, 0.05) is 57.8 Å². The number of benzene rings is 1. The molecule has 1 aliphatic carbocycles. The van der Waals surface area contributed by atoms with Crippen molar-refractivity contribution in [3.05, 3.63) is 28.3 Å². The molecule has 2 saturated heterocycles. The van der Waals surface area contributed by atoms with E-state index in [-0.39, 0.29) is 16.5 Å². The Balaban J connectivity index is 1.49. The average Bonchev–Trinajstić information content (AvgIpc) is 3.35. The van der Waals surface area contributed by atoms with Gasteiger partial charge in [-0.15, -0.1) is 0 Å². The Labute approximate surface area is 189 Å². The number of sulfonamides is 1. The maximum atomic E-state index is 13.3. The van der Waals surface area contributed by atoms with Crippen LogP contribution in [0.5, 0.6) is 0 Å². The van der Waals surface area contributed by atoms with E-state index in [4.69, 9.17) is 0 Å². The largest absolute Gasteiger partial charge is 0.367 e. The van der Waals surface area contributed by atoms with Gasteiger partial charge >= 0.3 is 0 Å². The van der Waals surface area contributed by atoms with E-state index in [2.05, 4.69) is 0 Å². The number of piperazine rings is 1. The van der Waals surface area contributed by atoms with Crippen molar-refractivity contribution < 1.29 is 18.1 Å². The van der Waals surface area contributed by atoms with Gasteiger partial charge in [-0.1, -0.05) is 19.3 Å². The summed E-state index contributed by atoms with van der Waals surface area (Å²) in [7, 11) is -3.82. The highest BCUT2D eigenvalue weighted by molar-refractivity contribution is 7.89. The van der Waals surface area contributed by atoms with Crippen LogP contribution in [0.3, 0.4) is 0 Å². The monoisotopic (exact) mass is 464 g/mol. The number of carbonyl (C=O) groups is 1. The van der Waals surface area contributed by atoms with Gasteiger partial charge in [0.15, 0.2) is 0 Å². The van der Waals surface area contributed by atoms with E-state index in [9.17, 15) is 23.3 Å². The highest BCUT2D eigenvalue weighted by Crippen LogP contribution is 2.34. The van der Waals surface area contributed by atoms with Crippen LogP contribution in [0.1, 0.15) is 51.4 Å². The lowest BCUT2D eigenvalue weighted by atomic mass is 9.86. The van der Waals surface area contributed by atoms with Gasteiger partial charge in [-0.05, 0) is 37.7 Å². The number of rotatable bonds is 6. The minimum atomic E-state index is -3.82. The summed E-state index contributed by atoms with van der Waals surface area (Å²) >= 11 is 0. The van der Waals surface area contributed by atoms with E-state index in [1.165, 1.54) is 35.7 Å². The molecule has 3 fully saturated rings. The normalized spacial score (nSPS) is 21.1. The molecule has 1 saturated carbocycles. The van der Waals surface area contributed by atoms with Crippen LogP contribution in [0.15, 0.2) is 23.1 Å². The molecule has 0 spiro atoms. The topological polar surface area (TPSA) is 104 Å². The van der Waals surface area contributed by atoms with Crippen molar-refractivity contribution in [2.24, 2.45) is 5.92 Å². The first-order chi connectivity index (χ1) is 15.4. The van der Waals surface area contributed by atoms with Crippen molar-refractivity contribution in [3.8, 4) is 0 Å². The van der Waals surface area contributed by atoms with Crippen molar-refractivity contribution in [1.29, 1.82) is 0 Å². The second-order valence-electron chi connectivity index (χ2n) is 9.10. The van der Waals surface area contributed by atoms with Crippen molar-refractivity contribution >= 4 is 27.3 Å². The quantitative estimate of drug-likeness (QED) is 0.473. The fraction of sp³-hybridized carbons (Fsp3) is 0.682. The third-order valence-corrected chi connectivity index (χ3v) is 8.93. The molecule has 1 aromatic rings. The molecule has 2 heterocycles. The van der Waals surface area contributed by atoms with Crippen molar-refractivity contribution in [2.75, 3.05) is 44.2 Å². The van der Waals surface area contributed by atoms with Crippen molar-refractivity contribution in [2.45, 2.75) is 56.3 Å². The summed E-state index contributed by atoms with van der Waals surface area (Å²) in [5.74, 6) is 0.673. The lowest BCUT2D eigenvalue weighted by Crippen LogP contribution is -2.49. The summed E-state index contributed by atoms with van der Waals surface area (Å²) in [4.78, 5) is 27.3. The summed E-state index contributed by atoms with van der Waals surface area (Å²) < 4.78 is 28.0. The second kappa shape index (κ2) is 9.74. The van der Waals surface area contributed by atoms with E-state index in [1.807, 2.05) is 9.80 Å². The van der Waals surface area contributed by atoms with Crippen LogP contribution in [-0.4, -0.2) is 67.7 Å². The lowest BCUT2D eigenvalue weighted by molar-refractivity contribution is -0.385. The van der Waals surface area contributed by atoms with Crippen LogP contribution in [0.25, 0.3) is 0 Å². The molecule has 1 amide bonds. The zero-order valence-electron chi connectivity index (χ0n) is 18.4. The Morgan fingerprint density at radius 1 is 0.969 bits per heavy atom. The molecule has 3 aliphatic rings. The van der Waals surface area contributed by atoms with Gasteiger partial charge in [-0.3, -0.25) is 14.9 Å². The van der Waals surface area contributed by atoms with Crippen molar-refractivity contribution in [3.63, 3.8) is 0 Å². The summed E-state index contributed by atoms with van der Waals surface area (Å²) in [5, 5.41) is 11.3. The number of nitrogens with zero attached hydrogens (tertiary/aromatic N) is 4. The van der Waals surface area contributed by atoms with Crippen molar-refractivity contribution in [1.82, 2.24) is 9.21 Å². The first kappa shape index (κ1) is 23.0. The number of nitro groups is 1. The SMILES string of the molecule is O=C(CC1CCCCC1)N1CCN(c2ccc([N+](=O)[O-])cc2S(=O)(=O)N2CCCC2)CC1. The highest BCUT2D eigenvalue weighted by atomic mass is 32.2. The average molecular weight is 465 g/mol. The van der Waals surface area contributed by atoms with Gasteiger partial charge in [0.2, 0.25) is 15.9 Å². The number of anilines is 1. The summed E-state index contributed by atoms with van der Waals surface area (Å²) in [6.45, 7) is 2.97. The molecule has 32 heavy (non-hydrogen) atoms. The standard InChI is InChI=1S/C22H32N4O5S/c27-22(16-18-6-2-1-3-7-18)24-14-12-23(13-15-24)20-9-8-19(26(28)29)17-21(20)32(30,31)25-10-4-5-11-25/h8-9,17-18H,1-7,10-16H2. The fourth-order valence-electron chi connectivity index (χ4n) is 5.12. The smallest absolute Gasteiger partial charge is 0.270 e.